The first-order chi connectivity index (χ1) is 9.65. The van der Waals surface area contributed by atoms with Crippen LogP contribution in [0.4, 0.5) is 0 Å². The largest absolute Gasteiger partial charge is 0.353 e. The highest BCUT2D eigenvalue weighted by molar-refractivity contribution is 7.10. The summed E-state index contributed by atoms with van der Waals surface area (Å²) < 4.78 is 0. The average molecular weight is 308 g/mol. The van der Waals surface area contributed by atoms with Gasteiger partial charge < -0.3 is 10.6 Å². The third-order valence-electron chi connectivity index (χ3n) is 2.83. The van der Waals surface area contributed by atoms with Crippen molar-refractivity contribution in [3.05, 3.63) is 44.8 Å². The lowest BCUT2D eigenvalue weighted by Crippen LogP contribution is -2.39. The average Bonchev–Trinajstić information content (AvgIpc) is 3.06. The first kappa shape index (κ1) is 15.2. The maximum absolute atomic E-state index is 11.8. The van der Waals surface area contributed by atoms with Crippen LogP contribution in [-0.2, 0) is 11.2 Å². The van der Waals surface area contributed by atoms with Gasteiger partial charge in [-0.05, 0) is 36.7 Å². The normalized spacial score (nSPS) is 12.6. The molecule has 0 bridgehead atoms. The predicted molar refractivity (Wildman–Crippen MR) is 86.4 cm³/mol. The molecule has 20 heavy (non-hydrogen) atoms. The number of rotatable bonds is 7. The summed E-state index contributed by atoms with van der Waals surface area (Å²) >= 11 is 3.49. The van der Waals surface area contributed by atoms with E-state index < -0.39 is 0 Å². The van der Waals surface area contributed by atoms with E-state index >= 15 is 0 Å². The van der Waals surface area contributed by atoms with Crippen molar-refractivity contribution < 1.29 is 4.79 Å². The Bertz CT molecular complexity index is 506. The number of hydrogen-bond acceptors (Lipinski definition) is 4. The summed E-state index contributed by atoms with van der Waals surface area (Å²) in [6.07, 6.45) is 0.924. The quantitative estimate of drug-likeness (QED) is 0.824. The third-order valence-corrected chi connectivity index (χ3v) is 4.72. The highest BCUT2D eigenvalue weighted by Gasteiger charge is 2.15. The number of amides is 1. The van der Waals surface area contributed by atoms with E-state index in [1.54, 1.807) is 22.7 Å². The fourth-order valence-corrected chi connectivity index (χ4v) is 3.54. The van der Waals surface area contributed by atoms with Gasteiger partial charge in [-0.3, -0.25) is 4.79 Å². The fraction of sp³-hybridized carbons (Fsp3) is 0.400. The van der Waals surface area contributed by atoms with Gasteiger partial charge in [-0.1, -0.05) is 12.1 Å². The Labute approximate surface area is 128 Å². The molecule has 2 N–H and O–H groups in total. The standard InChI is InChI=1S/C15H20N2OS2/c1-11(2)17-15(18)10-16-13(14-6-4-8-20-14)9-12-5-3-7-19-12/h3-8,11,13,16H,9-10H2,1-2H3,(H,17,18). The van der Waals surface area contributed by atoms with E-state index in [1.807, 2.05) is 13.8 Å². The minimum Gasteiger partial charge on any atom is -0.353 e. The highest BCUT2D eigenvalue weighted by atomic mass is 32.1. The molecule has 2 aromatic rings. The number of hydrogen-bond donors (Lipinski definition) is 2. The fourth-order valence-electron chi connectivity index (χ4n) is 1.98. The van der Waals surface area contributed by atoms with Gasteiger partial charge in [-0.2, -0.15) is 0 Å². The van der Waals surface area contributed by atoms with Gasteiger partial charge in [0.25, 0.3) is 0 Å². The molecule has 0 aliphatic heterocycles. The van der Waals surface area contributed by atoms with Crippen molar-refractivity contribution in [2.75, 3.05) is 6.54 Å². The first-order valence-electron chi connectivity index (χ1n) is 6.73. The van der Waals surface area contributed by atoms with E-state index in [1.165, 1.54) is 9.75 Å². The summed E-state index contributed by atoms with van der Waals surface area (Å²) in [7, 11) is 0. The molecule has 2 rings (SSSR count). The van der Waals surface area contributed by atoms with Gasteiger partial charge in [0.15, 0.2) is 0 Å². The van der Waals surface area contributed by atoms with Crippen LogP contribution in [0.15, 0.2) is 35.0 Å². The van der Waals surface area contributed by atoms with Crippen LogP contribution in [0.2, 0.25) is 0 Å². The van der Waals surface area contributed by atoms with Crippen molar-refractivity contribution in [2.45, 2.75) is 32.4 Å². The Morgan fingerprint density at radius 3 is 2.55 bits per heavy atom. The topological polar surface area (TPSA) is 41.1 Å². The van der Waals surface area contributed by atoms with Crippen LogP contribution in [0.25, 0.3) is 0 Å². The van der Waals surface area contributed by atoms with Gasteiger partial charge >= 0.3 is 0 Å². The molecule has 1 atom stereocenters. The van der Waals surface area contributed by atoms with Gasteiger partial charge in [0, 0.05) is 28.3 Å². The summed E-state index contributed by atoms with van der Waals surface area (Å²) in [6, 6.07) is 8.76. The second kappa shape index (κ2) is 7.57. The van der Waals surface area contributed by atoms with Gasteiger partial charge in [0.2, 0.25) is 5.91 Å². The second-order valence-electron chi connectivity index (χ2n) is 4.95. The summed E-state index contributed by atoms with van der Waals surface area (Å²) in [5, 5.41) is 10.4. The summed E-state index contributed by atoms with van der Waals surface area (Å²) in [6.45, 7) is 4.30. The number of nitrogens with one attached hydrogen (secondary N) is 2. The molecule has 0 fully saturated rings. The molecule has 0 aliphatic rings. The van der Waals surface area contributed by atoms with E-state index in [0.29, 0.717) is 6.54 Å². The van der Waals surface area contributed by atoms with Crippen LogP contribution in [0, 0.1) is 0 Å². The summed E-state index contributed by atoms with van der Waals surface area (Å²) in [5.74, 6) is 0.0488. The number of carbonyl (C=O) groups is 1. The third kappa shape index (κ3) is 4.74. The van der Waals surface area contributed by atoms with Crippen molar-refractivity contribution in [1.29, 1.82) is 0 Å². The molecule has 2 aromatic heterocycles. The van der Waals surface area contributed by atoms with Crippen molar-refractivity contribution in [2.24, 2.45) is 0 Å². The van der Waals surface area contributed by atoms with E-state index in [4.69, 9.17) is 0 Å². The van der Waals surface area contributed by atoms with Gasteiger partial charge in [0.05, 0.1) is 6.54 Å². The lowest BCUT2D eigenvalue weighted by molar-refractivity contribution is -0.120. The lowest BCUT2D eigenvalue weighted by Gasteiger charge is -2.17. The van der Waals surface area contributed by atoms with E-state index in [-0.39, 0.29) is 18.0 Å². The Balaban J connectivity index is 1.95. The Morgan fingerprint density at radius 2 is 1.95 bits per heavy atom. The van der Waals surface area contributed by atoms with Crippen LogP contribution < -0.4 is 10.6 Å². The smallest absolute Gasteiger partial charge is 0.234 e. The first-order valence-corrected chi connectivity index (χ1v) is 8.49. The highest BCUT2D eigenvalue weighted by Crippen LogP contribution is 2.24. The van der Waals surface area contributed by atoms with Gasteiger partial charge in [0.1, 0.15) is 0 Å². The molecule has 2 heterocycles. The number of thiophene rings is 2. The minimum absolute atomic E-state index is 0.0488. The molecule has 0 radical (unpaired) electrons. The van der Waals surface area contributed by atoms with Crippen molar-refractivity contribution in [3.8, 4) is 0 Å². The minimum atomic E-state index is 0.0488. The molecular formula is C15H20N2OS2. The zero-order chi connectivity index (χ0) is 14.4. The molecule has 108 valence electrons. The molecule has 3 nitrogen and oxygen atoms in total. The van der Waals surface area contributed by atoms with E-state index in [2.05, 4.69) is 45.7 Å². The lowest BCUT2D eigenvalue weighted by atomic mass is 10.1. The molecule has 0 aromatic carbocycles. The molecule has 5 heteroatoms. The number of carbonyl (C=O) groups excluding carboxylic acids is 1. The van der Waals surface area contributed by atoms with Crippen LogP contribution in [0.5, 0.6) is 0 Å². The van der Waals surface area contributed by atoms with E-state index in [0.717, 1.165) is 6.42 Å². The molecule has 0 spiro atoms. The molecule has 0 saturated carbocycles. The van der Waals surface area contributed by atoms with Crippen LogP contribution in [0.1, 0.15) is 29.6 Å². The Hall–Kier alpha value is -1.17. The van der Waals surface area contributed by atoms with Crippen molar-refractivity contribution >= 4 is 28.6 Å². The van der Waals surface area contributed by atoms with Gasteiger partial charge in [-0.25, -0.2) is 0 Å². The maximum Gasteiger partial charge on any atom is 0.234 e. The van der Waals surface area contributed by atoms with Crippen LogP contribution in [0.3, 0.4) is 0 Å². The molecular weight excluding hydrogens is 288 g/mol. The van der Waals surface area contributed by atoms with Crippen LogP contribution in [-0.4, -0.2) is 18.5 Å². The monoisotopic (exact) mass is 308 g/mol. The summed E-state index contributed by atoms with van der Waals surface area (Å²) in [4.78, 5) is 14.4. The molecule has 1 amide bonds. The van der Waals surface area contributed by atoms with Gasteiger partial charge in [-0.15, -0.1) is 22.7 Å². The summed E-state index contributed by atoms with van der Waals surface area (Å²) in [5.41, 5.74) is 0. The van der Waals surface area contributed by atoms with Crippen molar-refractivity contribution in [1.82, 2.24) is 10.6 Å². The Kier molecular flexibility index (Phi) is 5.76. The second-order valence-corrected chi connectivity index (χ2v) is 6.97. The maximum atomic E-state index is 11.8. The Morgan fingerprint density at radius 1 is 1.20 bits per heavy atom. The van der Waals surface area contributed by atoms with E-state index in [9.17, 15) is 4.79 Å². The zero-order valence-corrected chi connectivity index (χ0v) is 13.4. The zero-order valence-electron chi connectivity index (χ0n) is 11.8. The molecule has 0 saturated heterocycles. The molecule has 0 aliphatic carbocycles. The predicted octanol–water partition coefficient (Wildman–Crippen LogP) is 3.21. The van der Waals surface area contributed by atoms with Crippen molar-refractivity contribution in [3.63, 3.8) is 0 Å². The SMILES string of the molecule is CC(C)NC(=O)CNC(Cc1cccs1)c1cccs1. The molecule has 1 unspecified atom stereocenters. The van der Waals surface area contributed by atoms with Crippen LogP contribution >= 0.6 is 22.7 Å².